The summed E-state index contributed by atoms with van der Waals surface area (Å²) in [5.41, 5.74) is 0. The topological polar surface area (TPSA) is 135 Å². The van der Waals surface area contributed by atoms with Gasteiger partial charge in [0.15, 0.2) is 0 Å². The molecule has 0 amide bonds. The maximum atomic E-state index is 10.7. The van der Waals surface area contributed by atoms with Crippen molar-refractivity contribution < 1.29 is 60.7 Å². The van der Waals surface area contributed by atoms with Crippen LogP contribution in [0.2, 0.25) is 0 Å². The second-order valence-corrected chi connectivity index (χ2v) is 5.81. The minimum absolute atomic E-state index is 0. The van der Waals surface area contributed by atoms with Gasteiger partial charge in [0.2, 0.25) is 0 Å². The van der Waals surface area contributed by atoms with Crippen LogP contribution in [0.5, 0.6) is 0 Å². The Labute approximate surface area is 182 Å². The molecule has 0 aromatic rings. The molecule has 0 rings (SSSR count). The average Bonchev–Trinajstić information content (AvgIpc) is 2.55. The number of hydrogen-bond acceptors (Lipinski definition) is 7. The summed E-state index contributed by atoms with van der Waals surface area (Å²) in [7, 11) is 0. The number of aliphatic carboxylic acids is 2. The van der Waals surface area contributed by atoms with Crippen LogP contribution in [0.25, 0.3) is 0 Å². The van der Waals surface area contributed by atoms with Crippen molar-refractivity contribution in [3.63, 3.8) is 0 Å². The molecular weight excluding hydrogens is 431 g/mol. The van der Waals surface area contributed by atoms with Crippen molar-refractivity contribution in [3.05, 3.63) is 0 Å². The summed E-state index contributed by atoms with van der Waals surface area (Å²) < 4.78 is 0. The Morgan fingerprint density at radius 2 is 0.963 bits per heavy atom. The number of aliphatic hydroxyl groups is 1. The van der Waals surface area contributed by atoms with Gasteiger partial charge in [-0.05, 0) is 19.3 Å². The molecule has 156 valence electrons. The molecule has 0 aliphatic heterocycles. The Balaban J connectivity index is -0.000000159. The molecule has 0 aromatic heterocycles. The Bertz CT molecular complexity index is 348. The van der Waals surface area contributed by atoms with Crippen molar-refractivity contribution in [2.45, 2.75) is 91.4 Å². The van der Waals surface area contributed by atoms with Crippen LogP contribution in [0.3, 0.4) is 0 Å². The third-order valence-electron chi connectivity index (χ3n) is 3.02. The van der Waals surface area contributed by atoms with Crippen molar-refractivity contribution in [3.8, 4) is 0 Å². The van der Waals surface area contributed by atoms with Crippen LogP contribution < -0.4 is 10.2 Å². The van der Waals surface area contributed by atoms with E-state index >= 15 is 0 Å². The first kappa shape index (κ1) is 33.7. The molecule has 0 fully saturated rings. The zero-order chi connectivity index (χ0) is 20.8. The van der Waals surface area contributed by atoms with Crippen LogP contribution in [0, 0.1) is 0 Å². The summed E-state index contributed by atoms with van der Waals surface area (Å²) in [6, 6.07) is 0. The monoisotopic (exact) mass is 464 g/mol. The molecule has 27 heavy (non-hydrogen) atoms. The van der Waals surface area contributed by atoms with Gasteiger partial charge in [0.05, 0.1) is 0 Å². The molecule has 0 aliphatic carbocycles. The van der Waals surface area contributed by atoms with Gasteiger partial charge in [0.1, 0.15) is 11.6 Å². The summed E-state index contributed by atoms with van der Waals surface area (Å²) in [5, 5.41) is 27.7. The van der Waals surface area contributed by atoms with E-state index in [1.165, 1.54) is 0 Å². The number of carboxylic acid groups (broad SMARTS) is 2. The van der Waals surface area contributed by atoms with Crippen molar-refractivity contribution in [2.24, 2.45) is 0 Å². The standard InChI is InChI=1S/2C8H14O3.C3H8O.Zr/c2*1-2-3-4-5-7(9)6-8(10)11;1-2-3-4;/h2*2-6H2,1H3,(H,10,11);4H,2-3H2,1H3;/q;;;+2/p-2. The van der Waals surface area contributed by atoms with Crippen molar-refractivity contribution in [1.29, 1.82) is 0 Å². The molecule has 0 unspecified atom stereocenters. The van der Waals surface area contributed by atoms with Crippen LogP contribution >= 0.6 is 0 Å². The van der Waals surface area contributed by atoms with Gasteiger partial charge < -0.3 is 24.9 Å². The number of rotatable bonds is 13. The average molecular weight is 466 g/mol. The maximum Gasteiger partial charge on any atom is 2.00 e. The van der Waals surface area contributed by atoms with E-state index in [0.29, 0.717) is 19.4 Å². The molecule has 0 heterocycles. The van der Waals surface area contributed by atoms with E-state index in [1.807, 2.05) is 20.8 Å². The molecule has 8 heteroatoms. The molecule has 0 bridgehead atoms. The zero-order valence-corrected chi connectivity index (χ0v) is 19.3. The van der Waals surface area contributed by atoms with Crippen LogP contribution in [0.1, 0.15) is 91.4 Å². The maximum absolute atomic E-state index is 10.7. The van der Waals surface area contributed by atoms with Crippen LogP contribution in [0.4, 0.5) is 0 Å². The van der Waals surface area contributed by atoms with Crippen molar-refractivity contribution >= 4 is 23.5 Å². The normalized spacial score (nSPS) is 8.89. The first-order valence-electron chi connectivity index (χ1n) is 9.28. The van der Waals surface area contributed by atoms with Gasteiger partial charge in [-0.15, -0.1) is 0 Å². The zero-order valence-electron chi connectivity index (χ0n) is 16.9. The van der Waals surface area contributed by atoms with Crippen molar-refractivity contribution in [2.75, 3.05) is 6.61 Å². The van der Waals surface area contributed by atoms with E-state index in [0.717, 1.165) is 44.9 Å². The number of carboxylic acids is 2. The van der Waals surface area contributed by atoms with Gasteiger partial charge in [-0.25, -0.2) is 0 Å². The largest absolute Gasteiger partial charge is 2.00 e. The molecule has 0 saturated heterocycles. The van der Waals surface area contributed by atoms with Crippen LogP contribution in [0.15, 0.2) is 0 Å². The van der Waals surface area contributed by atoms with E-state index in [9.17, 15) is 29.4 Å². The smallest absolute Gasteiger partial charge is 0.550 e. The first-order chi connectivity index (χ1) is 12.2. The van der Waals surface area contributed by atoms with E-state index in [2.05, 4.69) is 0 Å². The number of Topliss-reactive ketones (excluding diaryl/α,β-unsaturated/α-hetero) is 2. The molecule has 7 nitrogen and oxygen atoms in total. The molecule has 0 atom stereocenters. The number of aliphatic hydroxyl groups excluding tert-OH is 1. The molecule has 1 N–H and O–H groups in total. The fraction of sp³-hybridized carbons (Fsp3) is 0.789. The molecule has 0 aromatic carbocycles. The van der Waals surface area contributed by atoms with Gasteiger partial charge in [0.25, 0.3) is 0 Å². The fourth-order valence-corrected chi connectivity index (χ4v) is 1.64. The van der Waals surface area contributed by atoms with E-state index in [-0.39, 0.29) is 37.8 Å². The Morgan fingerprint density at radius 3 is 1.15 bits per heavy atom. The summed E-state index contributed by atoms with van der Waals surface area (Å²) in [5.74, 6) is -2.99. The van der Waals surface area contributed by atoms with Crippen molar-refractivity contribution in [1.82, 2.24) is 0 Å². The van der Waals surface area contributed by atoms with Crippen LogP contribution in [-0.4, -0.2) is 35.2 Å². The fourth-order valence-electron chi connectivity index (χ4n) is 1.64. The second kappa shape index (κ2) is 27.3. The van der Waals surface area contributed by atoms with Gasteiger partial charge in [-0.2, -0.15) is 0 Å². The Kier molecular flexibility index (Phi) is 34.1. The minimum atomic E-state index is -1.27. The third kappa shape index (κ3) is 40.9. The quantitative estimate of drug-likeness (QED) is 0.316. The molecular formula is C19H34O7Zr. The summed E-state index contributed by atoms with van der Waals surface area (Å²) in [4.78, 5) is 41.2. The van der Waals surface area contributed by atoms with E-state index in [4.69, 9.17) is 5.11 Å². The number of hydrogen-bond donors (Lipinski definition) is 1. The van der Waals surface area contributed by atoms with Gasteiger partial charge in [-0.3, -0.25) is 9.59 Å². The number of carbonyl (C=O) groups is 4. The Hall–Kier alpha value is -0.877. The summed E-state index contributed by atoms with van der Waals surface area (Å²) in [6.07, 6.45) is 6.41. The summed E-state index contributed by atoms with van der Waals surface area (Å²) >= 11 is 0. The number of unbranched alkanes of at least 4 members (excludes halogenated alkanes) is 4. The van der Waals surface area contributed by atoms with Gasteiger partial charge in [-0.1, -0.05) is 46.5 Å². The molecule has 0 saturated carbocycles. The number of carbonyl (C=O) groups excluding carboxylic acids is 4. The third-order valence-corrected chi connectivity index (χ3v) is 3.02. The van der Waals surface area contributed by atoms with E-state index < -0.39 is 24.8 Å². The summed E-state index contributed by atoms with van der Waals surface area (Å²) in [6.45, 7) is 6.31. The van der Waals surface area contributed by atoms with Gasteiger partial charge >= 0.3 is 26.2 Å². The SMILES string of the molecule is CCCCCC(=O)CC(=O)[O-].CCCCCC(=O)CC(=O)[O-].CCCO.[Zr+2]. The first-order valence-corrected chi connectivity index (χ1v) is 9.28. The van der Waals surface area contributed by atoms with Gasteiger partial charge in [0, 0.05) is 44.2 Å². The predicted molar refractivity (Wildman–Crippen MR) is 94.9 cm³/mol. The number of ketones is 2. The second-order valence-electron chi connectivity index (χ2n) is 5.81. The van der Waals surface area contributed by atoms with E-state index in [1.54, 1.807) is 0 Å². The predicted octanol–water partition coefficient (Wildman–Crippen LogP) is 0.938. The Morgan fingerprint density at radius 1 is 0.667 bits per heavy atom. The molecule has 0 spiro atoms. The minimum Gasteiger partial charge on any atom is -0.550 e. The molecule has 0 aliphatic rings. The molecule has 0 radical (unpaired) electrons. The van der Waals surface area contributed by atoms with Crippen LogP contribution in [-0.2, 0) is 45.4 Å².